The van der Waals surface area contributed by atoms with Gasteiger partial charge < -0.3 is 0 Å². The summed E-state index contributed by atoms with van der Waals surface area (Å²) in [6, 6.07) is 84.9. The van der Waals surface area contributed by atoms with E-state index in [1.807, 2.05) is 17.8 Å². The number of hydrogen-bond donors (Lipinski definition) is 0. The molecular weight excluding hydrogens is 791 g/mol. The van der Waals surface area contributed by atoms with E-state index in [4.69, 9.17) is 0 Å². The molecular formula is C62H37NS. The molecule has 11 aromatic rings. The number of fused-ring (bicyclic) bond motifs is 12. The smallest absolute Gasteiger partial charge is 0.0991 e. The van der Waals surface area contributed by atoms with Crippen LogP contribution >= 0.6 is 11.8 Å². The first-order chi connectivity index (χ1) is 31.7. The lowest BCUT2D eigenvalue weighted by atomic mass is 9.66. The zero-order chi connectivity index (χ0) is 42.4. The van der Waals surface area contributed by atoms with E-state index in [-0.39, 0.29) is 0 Å². The number of nitrogens with zero attached hydrogens (tertiary/aromatic N) is 1. The maximum atomic E-state index is 10.3. The van der Waals surface area contributed by atoms with Crippen molar-refractivity contribution in [3.05, 3.63) is 252 Å². The van der Waals surface area contributed by atoms with Crippen LogP contribution in [0.1, 0.15) is 27.8 Å². The number of hydrogen-bond acceptors (Lipinski definition) is 2. The highest BCUT2D eigenvalue weighted by molar-refractivity contribution is 7.99. The van der Waals surface area contributed by atoms with Crippen LogP contribution in [0, 0.1) is 11.3 Å². The fourth-order valence-corrected chi connectivity index (χ4v) is 12.3. The van der Waals surface area contributed by atoms with Crippen LogP contribution in [0.5, 0.6) is 0 Å². The number of rotatable bonds is 4. The molecule has 0 fully saturated rings. The van der Waals surface area contributed by atoms with Crippen LogP contribution in [0.3, 0.4) is 0 Å². The van der Waals surface area contributed by atoms with Gasteiger partial charge in [0.2, 0.25) is 0 Å². The quantitative estimate of drug-likeness (QED) is 0.165. The highest BCUT2D eigenvalue weighted by Gasteiger charge is 2.50. The predicted octanol–water partition coefficient (Wildman–Crippen LogP) is 16.5. The number of nitriles is 1. The van der Waals surface area contributed by atoms with E-state index in [0.717, 1.165) is 5.56 Å². The van der Waals surface area contributed by atoms with Crippen molar-refractivity contribution in [2.75, 3.05) is 0 Å². The maximum Gasteiger partial charge on any atom is 0.0991 e. The first-order valence-corrected chi connectivity index (χ1v) is 22.7. The van der Waals surface area contributed by atoms with E-state index in [0.29, 0.717) is 5.56 Å². The molecule has 1 nitrogen and oxygen atoms in total. The molecule has 11 aromatic carbocycles. The standard InChI is InChI=1S/C62H37NS/c63-38-39-29-31-48-47-22-9-10-26-54(47)62(56(48)35-39)55-27-11-12-28-58(55)64-59-34-30-43(36-57(59)62)46-32-33-51-53(60(46)42-18-5-2-6-19-42)37-52-45(40-15-3-1-4-16-40)23-14-25-50(52)61(51)49-24-13-20-41-17-7-8-21-44(41)49/h1-37H. The van der Waals surface area contributed by atoms with Gasteiger partial charge in [0, 0.05) is 9.79 Å². The first kappa shape index (κ1) is 36.7. The maximum absolute atomic E-state index is 10.3. The molecule has 0 bridgehead atoms. The van der Waals surface area contributed by atoms with Crippen molar-refractivity contribution in [3.63, 3.8) is 0 Å². The summed E-state index contributed by atoms with van der Waals surface area (Å²) in [4.78, 5) is 2.47. The van der Waals surface area contributed by atoms with Crippen molar-refractivity contribution in [1.82, 2.24) is 0 Å². The van der Waals surface area contributed by atoms with E-state index in [1.165, 1.54) is 114 Å². The summed E-state index contributed by atoms with van der Waals surface area (Å²) in [6.07, 6.45) is 0. The molecule has 1 unspecified atom stereocenters. The Morgan fingerprint density at radius 1 is 0.328 bits per heavy atom. The Morgan fingerprint density at radius 2 is 0.953 bits per heavy atom. The highest BCUT2D eigenvalue weighted by Crippen LogP contribution is 2.63. The molecule has 0 aromatic heterocycles. The Hall–Kier alpha value is -7.96. The van der Waals surface area contributed by atoms with Crippen LogP contribution in [0.2, 0.25) is 0 Å². The van der Waals surface area contributed by atoms with Gasteiger partial charge in [-0.1, -0.05) is 200 Å². The van der Waals surface area contributed by atoms with E-state index in [2.05, 4.69) is 224 Å². The van der Waals surface area contributed by atoms with Gasteiger partial charge in [0.05, 0.1) is 17.0 Å². The molecule has 1 aliphatic carbocycles. The molecule has 1 atom stereocenters. The third kappa shape index (κ3) is 5.26. The third-order valence-electron chi connectivity index (χ3n) is 13.8. The highest BCUT2D eigenvalue weighted by atomic mass is 32.2. The monoisotopic (exact) mass is 827 g/mol. The van der Waals surface area contributed by atoms with Gasteiger partial charge in [0.15, 0.2) is 0 Å². The Morgan fingerprint density at radius 3 is 1.81 bits per heavy atom. The van der Waals surface area contributed by atoms with Crippen molar-refractivity contribution < 1.29 is 0 Å². The zero-order valence-electron chi connectivity index (χ0n) is 34.7. The third-order valence-corrected chi connectivity index (χ3v) is 14.9. The van der Waals surface area contributed by atoms with Gasteiger partial charge in [-0.3, -0.25) is 0 Å². The molecule has 1 spiro atoms. The minimum Gasteiger partial charge on any atom is -0.192 e. The van der Waals surface area contributed by atoms with Crippen molar-refractivity contribution in [1.29, 1.82) is 5.26 Å². The summed E-state index contributed by atoms with van der Waals surface area (Å²) >= 11 is 1.85. The zero-order valence-corrected chi connectivity index (χ0v) is 35.5. The van der Waals surface area contributed by atoms with Crippen molar-refractivity contribution in [2.45, 2.75) is 15.2 Å². The van der Waals surface area contributed by atoms with E-state index in [9.17, 15) is 5.26 Å². The summed E-state index contributed by atoms with van der Waals surface area (Å²) in [5.74, 6) is 0. The van der Waals surface area contributed by atoms with Gasteiger partial charge in [0.25, 0.3) is 0 Å². The van der Waals surface area contributed by atoms with E-state index >= 15 is 0 Å². The fraction of sp³-hybridized carbons (Fsp3) is 0.0161. The second kappa shape index (κ2) is 14.3. The normalized spacial score (nSPS) is 14.5. The van der Waals surface area contributed by atoms with Crippen LogP contribution in [0.25, 0.3) is 88.0 Å². The largest absolute Gasteiger partial charge is 0.192 e. The fourth-order valence-electron chi connectivity index (χ4n) is 11.1. The van der Waals surface area contributed by atoms with Crippen molar-refractivity contribution in [3.8, 4) is 61.7 Å². The summed E-state index contributed by atoms with van der Waals surface area (Å²) in [5, 5.41) is 17.7. The van der Waals surface area contributed by atoms with Crippen molar-refractivity contribution >= 4 is 44.1 Å². The molecule has 64 heavy (non-hydrogen) atoms. The molecule has 0 saturated heterocycles. The second-order valence-corrected chi connectivity index (χ2v) is 18.1. The lowest BCUT2D eigenvalue weighted by molar-refractivity contribution is 0.722. The van der Waals surface area contributed by atoms with E-state index in [1.54, 1.807) is 0 Å². The Kier molecular flexibility index (Phi) is 8.19. The average molecular weight is 828 g/mol. The van der Waals surface area contributed by atoms with Gasteiger partial charge in [-0.05, 0) is 147 Å². The summed E-state index contributed by atoms with van der Waals surface area (Å²) < 4.78 is 0. The topological polar surface area (TPSA) is 23.8 Å². The summed E-state index contributed by atoms with van der Waals surface area (Å²) in [5.41, 5.74) is 17.0. The minimum absolute atomic E-state index is 0.613. The summed E-state index contributed by atoms with van der Waals surface area (Å²) in [6.45, 7) is 0. The minimum atomic E-state index is -0.613. The molecule has 1 heterocycles. The van der Waals surface area contributed by atoms with Crippen LogP contribution < -0.4 is 0 Å². The molecule has 2 aliphatic rings. The molecule has 1 aliphatic heterocycles. The molecule has 0 N–H and O–H groups in total. The van der Waals surface area contributed by atoms with Crippen LogP contribution in [0.4, 0.5) is 0 Å². The van der Waals surface area contributed by atoms with Gasteiger partial charge in [-0.2, -0.15) is 5.26 Å². The average Bonchev–Trinajstić information content (AvgIpc) is 3.65. The molecule has 0 radical (unpaired) electrons. The van der Waals surface area contributed by atoms with Gasteiger partial charge in [-0.15, -0.1) is 0 Å². The van der Waals surface area contributed by atoms with Gasteiger partial charge in [-0.25, -0.2) is 0 Å². The van der Waals surface area contributed by atoms with Crippen LogP contribution in [-0.2, 0) is 5.41 Å². The summed E-state index contributed by atoms with van der Waals surface area (Å²) in [7, 11) is 0. The van der Waals surface area contributed by atoms with Crippen molar-refractivity contribution in [2.24, 2.45) is 0 Å². The molecule has 296 valence electrons. The Bertz CT molecular complexity index is 3760. The molecule has 0 amide bonds. The lowest BCUT2D eigenvalue weighted by Crippen LogP contribution is -2.32. The van der Waals surface area contributed by atoms with Gasteiger partial charge in [0.1, 0.15) is 0 Å². The molecule has 2 heteroatoms. The van der Waals surface area contributed by atoms with Crippen LogP contribution in [0.15, 0.2) is 234 Å². The number of benzene rings is 11. The predicted molar refractivity (Wildman–Crippen MR) is 267 cm³/mol. The lowest BCUT2D eigenvalue weighted by Gasteiger charge is -2.40. The first-order valence-electron chi connectivity index (χ1n) is 21.9. The Balaban J connectivity index is 1.15. The second-order valence-electron chi connectivity index (χ2n) is 17.0. The SMILES string of the molecule is N#Cc1ccc2c(c1)C1(c3ccccc3Sc3ccc(-c4ccc5c(-c6cccc7ccccc67)c6cccc(-c7ccccc7)c6cc5c4-c4ccccc4)cc31)c1ccccc1-2. The molecule has 0 saturated carbocycles. The molecule has 13 rings (SSSR count). The van der Waals surface area contributed by atoms with E-state index < -0.39 is 5.41 Å². The Labute approximate surface area is 376 Å². The van der Waals surface area contributed by atoms with Gasteiger partial charge >= 0.3 is 0 Å². The van der Waals surface area contributed by atoms with Crippen LogP contribution in [-0.4, -0.2) is 0 Å².